The Labute approximate surface area is 172 Å². The summed E-state index contributed by atoms with van der Waals surface area (Å²) in [5.74, 6) is -1.11. The summed E-state index contributed by atoms with van der Waals surface area (Å²) in [7, 11) is 0. The van der Waals surface area contributed by atoms with E-state index in [1.165, 1.54) is 11.3 Å². The van der Waals surface area contributed by atoms with Crippen LogP contribution >= 0.6 is 22.9 Å². The number of benzene rings is 2. The van der Waals surface area contributed by atoms with Gasteiger partial charge >= 0.3 is 5.97 Å². The number of carboxylic acids is 1. The molecule has 6 heteroatoms. The Kier molecular flexibility index (Phi) is 5.96. The Hall–Kier alpha value is -2.50. The topological polar surface area (TPSA) is 67.3 Å². The number of aliphatic carboxylic acids is 1. The van der Waals surface area contributed by atoms with Crippen LogP contribution in [0.1, 0.15) is 26.0 Å². The molecule has 4 nitrogen and oxygen atoms in total. The van der Waals surface area contributed by atoms with Crippen molar-refractivity contribution in [2.45, 2.75) is 26.7 Å². The van der Waals surface area contributed by atoms with E-state index in [4.69, 9.17) is 11.6 Å². The molecule has 0 aliphatic heterocycles. The van der Waals surface area contributed by atoms with Crippen LogP contribution in [0.4, 0.5) is 0 Å². The number of hydrogen-bond acceptors (Lipinski definition) is 4. The first kappa shape index (κ1) is 20.2. The Balaban J connectivity index is 1.85. The smallest absolute Gasteiger partial charge is 0.309 e. The standard InChI is InChI=1S/C22H20ClNO3S/c1-22(2,21(26)27)12-17(25)11-16-13-28-20(24-16)18-9-8-15(23)10-19(18)14-6-4-3-5-7-14/h3-10,13H,11-12H2,1-2H3,(H,26,27). The third kappa shape index (κ3) is 4.66. The van der Waals surface area contributed by atoms with Gasteiger partial charge in [-0.1, -0.05) is 41.9 Å². The monoisotopic (exact) mass is 413 g/mol. The van der Waals surface area contributed by atoms with Crippen LogP contribution in [-0.4, -0.2) is 21.8 Å². The molecule has 3 rings (SSSR count). The number of nitrogens with zero attached hydrogens (tertiary/aromatic N) is 1. The van der Waals surface area contributed by atoms with Crippen molar-refractivity contribution in [1.82, 2.24) is 4.98 Å². The highest BCUT2D eigenvalue weighted by Crippen LogP contribution is 2.36. The fourth-order valence-corrected chi connectivity index (χ4v) is 3.94. The summed E-state index contributed by atoms with van der Waals surface area (Å²) in [6.45, 7) is 3.11. The third-order valence-electron chi connectivity index (χ3n) is 4.44. The zero-order valence-electron chi connectivity index (χ0n) is 15.6. The summed E-state index contributed by atoms with van der Waals surface area (Å²) < 4.78 is 0. The van der Waals surface area contributed by atoms with E-state index in [2.05, 4.69) is 4.98 Å². The van der Waals surface area contributed by atoms with Gasteiger partial charge in [-0.05, 0) is 43.2 Å². The molecule has 0 unspecified atom stereocenters. The van der Waals surface area contributed by atoms with Gasteiger partial charge in [-0.3, -0.25) is 9.59 Å². The fourth-order valence-electron chi connectivity index (χ4n) is 2.90. The van der Waals surface area contributed by atoms with Gasteiger partial charge in [0.15, 0.2) is 0 Å². The zero-order valence-corrected chi connectivity index (χ0v) is 17.2. The molecule has 1 aromatic heterocycles. The van der Waals surface area contributed by atoms with Crippen LogP contribution < -0.4 is 0 Å². The van der Waals surface area contributed by atoms with Crippen LogP contribution in [0.2, 0.25) is 5.02 Å². The van der Waals surface area contributed by atoms with Crippen molar-refractivity contribution in [3.8, 4) is 21.7 Å². The van der Waals surface area contributed by atoms with Crippen LogP contribution in [0.3, 0.4) is 0 Å². The Morgan fingerprint density at radius 2 is 1.82 bits per heavy atom. The summed E-state index contributed by atoms with van der Waals surface area (Å²) in [4.78, 5) is 28.1. The van der Waals surface area contributed by atoms with Gasteiger partial charge in [0.1, 0.15) is 10.8 Å². The highest BCUT2D eigenvalue weighted by Gasteiger charge is 2.30. The first-order valence-electron chi connectivity index (χ1n) is 8.81. The van der Waals surface area contributed by atoms with Crippen LogP contribution in [0.15, 0.2) is 53.9 Å². The molecule has 0 fully saturated rings. The molecule has 0 saturated carbocycles. The first-order chi connectivity index (χ1) is 13.3. The molecule has 0 radical (unpaired) electrons. The summed E-state index contributed by atoms with van der Waals surface area (Å²) in [5, 5.41) is 12.5. The normalized spacial score (nSPS) is 11.4. The fraction of sp³-hybridized carbons (Fsp3) is 0.227. The number of thiazole rings is 1. The number of aromatic nitrogens is 1. The van der Waals surface area contributed by atoms with Crippen molar-refractivity contribution in [3.63, 3.8) is 0 Å². The Morgan fingerprint density at radius 3 is 2.50 bits per heavy atom. The van der Waals surface area contributed by atoms with Crippen LogP contribution in [-0.2, 0) is 16.0 Å². The zero-order chi connectivity index (χ0) is 20.3. The molecule has 28 heavy (non-hydrogen) atoms. The third-order valence-corrected chi connectivity index (χ3v) is 5.60. The lowest BCUT2D eigenvalue weighted by Crippen LogP contribution is -2.27. The molecule has 0 saturated heterocycles. The van der Waals surface area contributed by atoms with Gasteiger partial charge in [-0.25, -0.2) is 4.98 Å². The van der Waals surface area contributed by atoms with Crippen LogP contribution in [0.25, 0.3) is 21.7 Å². The maximum Gasteiger partial charge on any atom is 0.309 e. The molecule has 144 valence electrons. The number of rotatable bonds is 7. The second kappa shape index (κ2) is 8.25. The largest absolute Gasteiger partial charge is 0.481 e. The average molecular weight is 414 g/mol. The number of carbonyl (C=O) groups is 2. The Bertz CT molecular complexity index is 1010. The lowest BCUT2D eigenvalue weighted by atomic mass is 9.86. The summed E-state index contributed by atoms with van der Waals surface area (Å²) >= 11 is 7.67. The van der Waals surface area contributed by atoms with E-state index in [-0.39, 0.29) is 18.6 Å². The molecule has 1 heterocycles. The van der Waals surface area contributed by atoms with Gasteiger partial charge in [0, 0.05) is 28.8 Å². The predicted molar refractivity (Wildman–Crippen MR) is 113 cm³/mol. The van der Waals surface area contributed by atoms with Crippen LogP contribution in [0.5, 0.6) is 0 Å². The minimum atomic E-state index is -1.08. The van der Waals surface area contributed by atoms with E-state index in [0.717, 1.165) is 21.7 Å². The molecule has 0 atom stereocenters. The molecular weight excluding hydrogens is 394 g/mol. The maximum absolute atomic E-state index is 12.3. The minimum Gasteiger partial charge on any atom is -0.481 e. The van der Waals surface area contributed by atoms with Gasteiger partial charge < -0.3 is 5.11 Å². The SMILES string of the molecule is CC(C)(CC(=O)Cc1csc(-c2ccc(Cl)cc2-c2ccccc2)n1)C(=O)O. The van der Waals surface area contributed by atoms with Crippen molar-refractivity contribution in [3.05, 3.63) is 64.6 Å². The van der Waals surface area contributed by atoms with E-state index < -0.39 is 11.4 Å². The van der Waals surface area contributed by atoms with Crippen molar-refractivity contribution in [2.24, 2.45) is 5.41 Å². The van der Waals surface area contributed by atoms with Gasteiger partial charge in [0.2, 0.25) is 0 Å². The van der Waals surface area contributed by atoms with Gasteiger partial charge in [0.05, 0.1) is 11.1 Å². The molecule has 0 aliphatic rings. The molecule has 0 bridgehead atoms. The minimum absolute atomic E-state index is 0.0224. The summed E-state index contributed by atoms with van der Waals surface area (Å²) in [6.07, 6.45) is 0.104. The maximum atomic E-state index is 12.3. The van der Waals surface area contributed by atoms with Crippen LogP contribution in [0, 0.1) is 5.41 Å². The van der Waals surface area contributed by atoms with Gasteiger partial charge in [-0.15, -0.1) is 11.3 Å². The predicted octanol–water partition coefficient (Wildman–Crippen LogP) is 5.74. The summed E-state index contributed by atoms with van der Waals surface area (Å²) in [6, 6.07) is 15.6. The highest BCUT2D eigenvalue weighted by atomic mass is 35.5. The molecular formula is C22H20ClNO3S. The van der Waals surface area contributed by atoms with E-state index in [9.17, 15) is 14.7 Å². The lowest BCUT2D eigenvalue weighted by Gasteiger charge is -2.17. The number of ketones is 1. The molecule has 0 spiro atoms. The Morgan fingerprint density at radius 1 is 1.11 bits per heavy atom. The van der Waals surface area contributed by atoms with Crippen molar-refractivity contribution in [1.29, 1.82) is 0 Å². The second-order valence-corrected chi connectivity index (χ2v) is 8.58. The second-order valence-electron chi connectivity index (χ2n) is 7.28. The molecule has 0 amide bonds. The van der Waals surface area contributed by atoms with E-state index in [0.29, 0.717) is 10.7 Å². The molecule has 1 N–H and O–H groups in total. The van der Waals surface area contributed by atoms with Crippen molar-refractivity contribution < 1.29 is 14.7 Å². The highest BCUT2D eigenvalue weighted by molar-refractivity contribution is 7.13. The van der Waals surface area contributed by atoms with Crippen molar-refractivity contribution >= 4 is 34.7 Å². The van der Waals surface area contributed by atoms with E-state index in [1.54, 1.807) is 13.8 Å². The van der Waals surface area contributed by atoms with Crippen molar-refractivity contribution in [2.75, 3.05) is 0 Å². The number of hydrogen-bond donors (Lipinski definition) is 1. The first-order valence-corrected chi connectivity index (χ1v) is 10.1. The molecule has 0 aliphatic carbocycles. The van der Waals surface area contributed by atoms with Gasteiger partial charge in [0.25, 0.3) is 0 Å². The number of carboxylic acid groups (broad SMARTS) is 1. The average Bonchev–Trinajstić information content (AvgIpc) is 3.09. The number of Topliss-reactive ketones (excluding diaryl/α,β-unsaturated/α-hetero) is 1. The van der Waals surface area contributed by atoms with E-state index in [1.807, 2.05) is 53.9 Å². The quantitative estimate of drug-likeness (QED) is 0.536. The van der Waals surface area contributed by atoms with E-state index >= 15 is 0 Å². The lowest BCUT2D eigenvalue weighted by molar-refractivity contribution is -0.149. The molecule has 3 aromatic rings. The number of halogens is 1. The van der Waals surface area contributed by atoms with Gasteiger partial charge in [-0.2, -0.15) is 0 Å². The molecule has 2 aromatic carbocycles. The number of carbonyl (C=O) groups excluding carboxylic acids is 1. The summed E-state index contributed by atoms with van der Waals surface area (Å²) in [5.41, 5.74) is 2.54.